The van der Waals surface area contributed by atoms with Gasteiger partial charge >= 0.3 is 0 Å². The van der Waals surface area contributed by atoms with Crippen LogP contribution in [-0.4, -0.2) is 49.1 Å². The zero-order valence-corrected chi connectivity index (χ0v) is 12.1. The largest absolute Gasteiger partial charge is 0.395 e. The number of aromatic nitrogens is 1. The van der Waals surface area contributed by atoms with Crippen molar-refractivity contribution in [1.29, 1.82) is 0 Å². The molecule has 106 valence electrons. The second kappa shape index (κ2) is 5.62. The minimum atomic E-state index is -3.65. The molecule has 1 aliphatic rings. The Hall–Kier alpha value is -0.890. The van der Waals surface area contributed by atoms with E-state index in [2.05, 4.69) is 10.3 Å². The van der Waals surface area contributed by atoms with Crippen molar-refractivity contribution in [3.8, 4) is 0 Å². The molecule has 6 nitrogen and oxygen atoms in total. The summed E-state index contributed by atoms with van der Waals surface area (Å²) in [6, 6.07) is 1.36. The highest BCUT2D eigenvalue weighted by Crippen LogP contribution is 2.32. The zero-order chi connectivity index (χ0) is 14.0. The SMILES string of the molecule is CNc1ncc(S(=O)(=O)N(CCO)C2CC2)cc1Cl. The average Bonchev–Trinajstić information content (AvgIpc) is 3.19. The molecule has 0 unspecified atom stereocenters. The van der Waals surface area contributed by atoms with Crippen LogP contribution in [-0.2, 0) is 10.0 Å². The Labute approximate surface area is 117 Å². The zero-order valence-electron chi connectivity index (χ0n) is 10.5. The number of hydrogen-bond donors (Lipinski definition) is 2. The highest BCUT2D eigenvalue weighted by molar-refractivity contribution is 7.89. The summed E-state index contributed by atoms with van der Waals surface area (Å²) < 4.78 is 26.2. The highest BCUT2D eigenvalue weighted by Gasteiger charge is 2.37. The molecule has 1 aliphatic carbocycles. The van der Waals surface area contributed by atoms with Crippen LogP contribution < -0.4 is 5.32 Å². The molecule has 1 aromatic heterocycles. The van der Waals surface area contributed by atoms with Crippen LogP contribution in [0.15, 0.2) is 17.2 Å². The molecule has 0 spiro atoms. The van der Waals surface area contributed by atoms with Gasteiger partial charge in [-0.2, -0.15) is 4.31 Å². The van der Waals surface area contributed by atoms with Gasteiger partial charge in [-0.25, -0.2) is 13.4 Å². The van der Waals surface area contributed by atoms with E-state index in [1.165, 1.54) is 16.6 Å². The molecule has 0 aromatic carbocycles. The van der Waals surface area contributed by atoms with Crippen molar-refractivity contribution in [1.82, 2.24) is 9.29 Å². The Morgan fingerprint density at radius 3 is 2.74 bits per heavy atom. The summed E-state index contributed by atoms with van der Waals surface area (Å²) in [6.07, 6.45) is 2.93. The number of nitrogens with one attached hydrogen (secondary N) is 1. The normalized spacial score (nSPS) is 15.8. The van der Waals surface area contributed by atoms with Gasteiger partial charge in [-0.05, 0) is 18.9 Å². The number of anilines is 1. The smallest absolute Gasteiger partial charge is 0.244 e. The van der Waals surface area contributed by atoms with Crippen molar-refractivity contribution in [2.45, 2.75) is 23.8 Å². The van der Waals surface area contributed by atoms with Gasteiger partial charge in [-0.1, -0.05) is 11.6 Å². The quantitative estimate of drug-likeness (QED) is 0.817. The lowest BCUT2D eigenvalue weighted by Crippen LogP contribution is -2.35. The monoisotopic (exact) mass is 305 g/mol. The van der Waals surface area contributed by atoms with Gasteiger partial charge in [0.05, 0.1) is 11.6 Å². The first kappa shape index (κ1) is 14.5. The van der Waals surface area contributed by atoms with E-state index in [0.29, 0.717) is 5.82 Å². The minimum Gasteiger partial charge on any atom is -0.395 e. The maximum Gasteiger partial charge on any atom is 0.244 e. The van der Waals surface area contributed by atoms with Crippen LogP contribution >= 0.6 is 11.6 Å². The fourth-order valence-electron chi connectivity index (χ4n) is 1.84. The van der Waals surface area contributed by atoms with E-state index in [4.69, 9.17) is 16.7 Å². The van der Waals surface area contributed by atoms with E-state index >= 15 is 0 Å². The Bertz CT molecular complexity index is 560. The fourth-order valence-corrected chi connectivity index (χ4v) is 3.82. The Balaban J connectivity index is 2.34. The van der Waals surface area contributed by atoms with Gasteiger partial charge in [0, 0.05) is 25.8 Å². The third-order valence-corrected chi connectivity index (χ3v) is 5.14. The third-order valence-electron chi connectivity index (χ3n) is 2.93. The number of aliphatic hydroxyl groups is 1. The number of rotatable bonds is 6. The lowest BCUT2D eigenvalue weighted by molar-refractivity contribution is 0.250. The molecule has 2 rings (SSSR count). The molecule has 1 aromatic rings. The Morgan fingerprint density at radius 2 is 2.26 bits per heavy atom. The van der Waals surface area contributed by atoms with Crippen molar-refractivity contribution in [3.05, 3.63) is 17.3 Å². The van der Waals surface area contributed by atoms with Crippen molar-refractivity contribution in [2.24, 2.45) is 0 Å². The molecule has 0 radical (unpaired) electrons. The van der Waals surface area contributed by atoms with E-state index in [-0.39, 0.29) is 29.1 Å². The van der Waals surface area contributed by atoms with Crippen molar-refractivity contribution in [2.75, 3.05) is 25.5 Å². The number of sulfonamides is 1. The molecule has 1 saturated carbocycles. The van der Waals surface area contributed by atoms with E-state index in [9.17, 15) is 8.42 Å². The predicted molar refractivity (Wildman–Crippen MR) is 72.8 cm³/mol. The van der Waals surface area contributed by atoms with E-state index in [0.717, 1.165) is 12.8 Å². The molecule has 19 heavy (non-hydrogen) atoms. The second-order valence-electron chi connectivity index (χ2n) is 4.32. The van der Waals surface area contributed by atoms with E-state index in [1.54, 1.807) is 7.05 Å². The fraction of sp³-hybridized carbons (Fsp3) is 0.545. The van der Waals surface area contributed by atoms with Gasteiger partial charge in [0.25, 0.3) is 0 Å². The predicted octanol–water partition coefficient (Wildman–Crippen LogP) is 0.922. The maximum absolute atomic E-state index is 12.5. The minimum absolute atomic E-state index is 0.0140. The highest BCUT2D eigenvalue weighted by atomic mass is 35.5. The third kappa shape index (κ3) is 3.00. The summed E-state index contributed by atoms with van der Waals surface area (Å²) in [7, 11) is -1.99. The molecule has 1 heterocycles. The number of hydrogen-bond acceptors (Lipinski definition) is 5. The molecule has 0 atom stereocenters. The molecule has 8 heteroatoms. The maximum atomic E-state index is 12.5. The standard InChI is InChI=1S/C11H16ClN3O3S/c1-13-11-10(12)6-9(7-14-11)19(17,18)15(4-5-16)8-2-3-8/h6-8,16H,2-5H2,1H3,(H,13,14). The van der Waals surface area contributed by atoms with Crippen LogP contribution in [0.25, 0.3) is 0 Å². The van der Waals surface area contributed by atoms with Gasteiger partial charge in [-0.3, -0.25) is 0 Å². The molecular formula is C11H16ClN3O3S. The lowest BCUT2D eigenvalue weighted by Gasteiger charge is -2.20. The van der Waals surface area contributed by atoms with Gasteiger partial charge < -0.3 is 10.4 Å². The van der Waals surface area contributed by atoms with Crippen molar-refractivity contribution in [3.63, 3.8) is 0 Å². The van der Waals surface area contributed by atoms with E-state index < -0.39 is 10.0 Å². The lowest BCUT2D eigenvalue weighted by atomic mass is 10.4. The molecule has 0 aliphatic heterocycles. The number of aliphatic hydroxyl groups excluding tert-OH is 1. The first-order valence-corrected chi connectivity index (χ1v) is 7.78. The number of halogens is 1. The second-order valence-corrected chi connectivity index (χ2v) is 6.62. The summed E-state index contributed by atoms with van der Waals surface area (Å²) in [4.78, 5) is 4.03. The van der Waals surface area contributed by atoms with Crippen LogP contribution in [0.3, 0.4) is 0 Å². The van der Waals surface area contributed by atoms with Crippen LogP contribution in [0.4, 0.5) is 5.82 Å². The Kier molecular flexibility index (Phi) is 4.29. The number of nitrogens with zero attached hydrogens (tertiary/aromatic N) is 2. The molecule has 0 bridgehead atoms. The van der Waals surface area contributed by atoms with Gasteiger partial charge in [-0.15, -0.1) is 0 Å². The van der Waals surface area contributed by atoms with Crippen LogP contribution in [0.2, 0.25) is 5.02 Å². The summed E-state index contributed by atoms with van der Waals surface area (Å²) in [6.45, 7) is -0.107. The van der Waals surface area contributed by atoms with Gasteiger partial charge in [0.15, 0.2) is 0 Å². The first-order chi connectivity index (χ1) is 9.00. The molecule has 1 fully saturated rings. The Morgan fingerprint density at radius 1 is 1.58 bits per heavy atom. The van der Waals surface area contributed by atoms with Gasteiger partial charge in [0.2, 0.25) is 10.0 Å². The molecule has 0 saturated heterocycles. The summed E-state index contributed by atoms with van der Waals surface area (Å²) in [5, 5.41) is 12.0. The number of pyridine rings is 1. The van der Waals surface area contributed by atoms with Crippen LogP contribution in [0, 0.1) is 0 Å². The molecule has 0 amide bonds. The van der Waals surface area contributed by atoms with Crippen molar-refractivity contribution >= 4 is 27.4 Å². The summed E-state index contributed by atoms with van der Waals surface area (Å²) in [5.74, 6) is 0.431. The molecular weight excluding hydrogens is 290 g/mol. The van der Waals surface area contributed by atoms with Crippen LogP contribution in [0.5, 0.6) is 0 Å². The van der Waals surface area contributed by atoms with Crippen molar-refractivity contribution < 1.29 is 13.5 Å². The molecule has 2 N–H and O–H groups in total. The first-order valence-electron chi connectivity index (χ1n) is 5.96. The average molecular weight is 306 g/mol. The summed E-state index contributed by atoms with van der Waals surface area (Å²) in [5.41, 5.74) is 0. The van der Waals surface area contributed by atoms with Crippen LogP contribution in [0.1, 0.15) is 12.8 Å². The topological polar surface area (TPSA) is 82.5 Å². The summed E-state index contributed by atoms with van der Waals surface area (Å²) >= 11 is 5.96. The van der Waals surface area contributed by atoms with E-state index in [1.807, 2.05) is 0 Å². The van der Waals surface area contributed by atoms with Gasteiger partial charge in [0.1, 0.15) is 10.7 Å².